The maximum Gasteiger partial charge on any atom is 0.164 e. The first kappa shape index (κ1) is 36.4. The van der Waals surface area contributed by atoms with Crippen LogP contribution in [0, 0.1) is 0 Å². The first-order chi connectivity index (χ1) is 31.5. The number of hydrogen-bond acceptors (Lipinski definition) is 3. The number of para-hydroxylation sites is 2. The third-order valence-corrected chi connectivity index (χ3v) is 13.6. The van der Waals surface area contributed by atoms with Crippen molar-refractivity contribution in [3.63, 3.8) is 0 Å². The van der Waals surface area contributed by atoms with Crippen molar-refractivity contribution >= 4 is 54.1 Å². The summed E-state index contributed by atoms with van der Waals surface area (Å²) >= 11 is 0. The summed E-state index contributed by atoms with van der Waals surface area (Å²) in [7, 11) is 0. The summed E-state index contributed by atoms with van der Waals surface area (Å²) in [5, 5.41) is 9.47. The minimum absolute atomic E-state index is 0.133. The number of rotatable bonds is 5. The number of hydrogen-bond donors (Lipinski definition) is 0. The topological polar surface area (TPSA) is 43.6 Å². The Labute approximate surface area is 370 Å². The molecule has 13 rings (SSSR count). The van der Waals surface area contributed by atoms with E-state index in [4.69, 9.17) is 15.0 Å². The molecule has 0 bridgehead atoms. The van der Waals surface area contributed by atoms with Crippen LogP contribution in [-0.2, 0) is 5.41 Å². The Balaban J connectivity index is 1.10. The molecule has 0 amide bonds. The summed E-state index contributed by atoms with van der Waals surface area (Å²) in [4.78, 5) is 16.2. The number of fused-ring (bicyclic) bond motifs is 12. The molecule has 4 nitrogen and oxygen atoms in total. The molecule has 4 heteroatoms. The van der Waals surface area contributed by atoms with Gasteiger partial charge in [-0.25, -0.2) is 15.0 Å². The smallest absolute Gasteiger partial charge is 0.164 e. The van der Waals surface area contributed by atoms with Crippen molar-refractivity contribution in [1.82, 2.24) is 19.5 Å². The van der Waals surface area contributed by atoms with Gasteiger partial charge < -0.3 is 4.57 Å². The van der Waals surface area contributed by atoms with Crippen LogP contribution in [0.5, 0.6) is 0 Å². The Morgan fingerprint density at radius 2 is 0.891 bits per heavy atom. The van der Waals surface area contributed by atoms with Crippen molar-refractivity contribution < 1.29 is 0 Å². The van der Waals surface area contributed by atoms with E-state index >= 15 is 0 Å². The summed E-state index contributed by atoms with van der Waals surface area (Å²) in [5.41, 5.74) is 13.7. The molecule has 1 aliphatic carbocycles. The van der Waals surface area contributed by atoms with Crippen molar-refractivity contribution in [1.29, 1.82) is 0 Å². The molecule has 0 aliphatic heterocycles. The fourth-order valence-electron chi connectivity index (χ4n) is 10.6. The Kier molecular flexibility index (Phi) is 7.92. The van der Waals surface area contributed by atoms with Crippen molar-refractivity contribution in [3.05, 3.63) is 217 Å². The first-order valence-electron chi connectivity index (χ1n) is 22.0. The lowest BCUT2D eigenvalue weighted by Gasteiger charge is -2.22. The van der Waals surface area contributed by atoms with Crippen molar-refractivity contribution in [3.8, 4) is 62.1 Å². The summed E-state index contributed by atoms with van der Waals surface area (Å²) in [6.07, 6.45) is 0. The number of nitrogens with zero attached hydrogens (tertiary/aromatic N) is 4. The number of aromatic nitrogens is 4. The van der Waals surface area contributed by atoms with Crippen molar-refractivity contribution in [2.45, 2.75) is 19.3 Å². The maximum absolute atomic E-state index is 5.51. The Bertz CT molecular complexity index is 3860. The zero-order valence-corrected chi connectivity index (χ0v) is 35.4. The minimum atomic E-state index is -0.133. The van der Waals surface area contributed by atoms with E-state index in [0.717, 1.165) is 49.9 Å². The van der Waals surface area contributed by atoms with E-state index in [2.05, 4.69) is 206 Å². The summed E-state index contributed by atoms with van der Waals surface area (Å²) in [5.74, 6) is 1.88. The molecular weight excluding hydrogens is 777 g/mol. The van der Waals surface area contributed by atoms with Crippen LogP contribution in [0.1, 0.15) is 25.0 Å². The molecule has 64 heavy (non-hydrogen) atoms. The Morgan fingerprint density at radius 1 is 0.328 bits per heavy atom. The Hall–Kier alpha value is -8.21. The quantitative estimate of drug-likeness (QED) is 0.163. The molecule has 2 aromatic heterocycles. The van der Waals surface area contributed by atoms with Crippen LogP contribution in [0.25, 0.3) is 116 Å². The first-order valence-corrected chi connectivity index (χ1v) is 22.0. The van der Waals surface area contributed by atoms with Crippen LogP contribution in [0.3, 0.4) is 0 Å². The predicted molar refractivity (Wildman–Crippen MR) is 266 cm³/mol. The number of benzene rings is 10. The van der Waals surface area contributed by atoms with Crippen LogP contribution in [0.4, 0.5) is 0 Å². The van der Waals surface area contributed by atoms with E-state index in [0.29, 0.717) is 17.5 Å². The van der Waals surface area contributed by atoms with Gasteiger partial charge in [0.1, 0.15) is 0 Å². The highest BCUT2D eigenvalue weighted by Crippen LogP contribution is 2.50. The predicted octanol–water partition coefficient (Wildman–Crippen LogP) is 15.4. The van der Waals surface area contributed by atoms with Gasteiger partial charge in [0.05, 0.1) is 11.0 Å². The fourth-order valence-corrected chi connectivity index (χ4v) is 10.6. The molecule has 0 N–H and O–H groups in total. The molecule has 12 aromatic rings. The molecule has 10 aromatic carbocycles. The minimum Gasteiger partial charge on any atom is -0.309 e. The van der Waals surface area contributed by atoms with Gasteiger partial charge in [-0.15, -0.1) is 0 Å². The second kappa shape index (κ2) is 13.9. The molecule has 0 radical (unpaired) electrons. The van der Waals surface area contributed by atoms with Crippen LogP contribution < -0.4 is 0 Å². The van der Waals surface area contributed by atoms with E-state index in [9.17, 15) is 0 Å². The van der Waals surface area contributed by atoms with Gasteiger partial charge in [-0.2, -0.15) is 0 Å². The molecule has 0 fully saturated rings. The van der Waals surface area contributed by atoms with Gasteiger partial charge >= 0.3 is 0 Å². The van der Waals surface area contributed by atoms with Crippen molar-refractivity contribution in [2.75, 3.05) is 0 Å². The zero-order chi connectivity index (χ0) is 42.5. The van der Waals surface area contributed by atoms with Gasteiger partial charge in [0, 0.05) is 44.0 Å². The highest BCUT2D eigenvalue weighted by atomic mass is 15.0. The fraction of sp³-hybridized carbons (Fsp3) is 0.0500. The molecule has 300 valence electrons. The van der Waals surface area contributed by atoms with Gasteiger partial charge in [-0.1, -0.05) is 178 Å². The molecule has 0 unspecified atom stereocenters. The standard InChI is InChI=1S/C60H40N4/c1-60(2)52-27-15-13-24-45(52)46-31-29-38(35-53(46)60)40-33-50-44-23-10-9-21-42(44)43-22-11-12-26-49(43)56(50)51(34-40)59-62-57(37-17-5-3-6-18-37)61-58(63-59)39-30-32-48-47-25-14-16-28-54(47)64(55(48)36-39)41-19-7-4-8-20-41/h3-36H,1-2H3. The third-order valence-electron chi connectivity index (χ3n) is 13.6. The molecule has 0 saturated carbocycles. The van der Waals surface area contributed by atoms with Gasteiger partial charge in [0.15, 0.2) is 17.5 Å². The average molecular weight is 817 g/mol. The van der Waals surface area contributed by atoms with Gasteiger partial charge in [0.2, 0.25) is 0 Å². The largest absolute Gasteiger partial charge is 0.309 e. The SMILES string of the molecule is CC1(C)c2ccccc2-c2ccc(-c3cc(-c4nc(-c5ccccc5)nc(-c5ccc6c7ccccc7n(-c7ccccc7)c6c5)n4)c4c5ccccc5c5ccccc5c4c3)cc21. The summed E-state index contributed by atoms with van der Waals surface area (Å²) in [6.45, 7) is 4.70. The second-order valence-corrected chi connectivity index (χ2v) is 17.6. The molecule has 0 saturated heterocycles. The lowest BCUT2D eigenvalue weighted by atomic mass is 9.81. The van der Waals surface area contributed by atoms with E-state index < -0.39 is 0 Å². The van der Waals surface area contributed by atoms with Crippen LogP contribution in [-0.4, -0.2) is 19.5 Å². The van der Waals surface area contributed by atoms with Gasteiger partial charge in [0.25, 0.3) is 0 Å². The van der Waals surface area contributed by atoms with E-state index in [1.807, 2.05) is 18.2 Å². The normalized spacial score (nSPS) is 13.0. The Morgan fingerprint density at radius 3 is 1.67 bits per heavy atom. The van der Waals surface area contributed by atoms with Crippen LogP contribution >= 0.6 is 0 Å². The molecule has 0 spiro atoms. The van der Waals surface area contributed by atoms with E-state index in [1.165, 1.54) is 60.0 Å². The lowest BCUT2D eigenvalue weighted by Crippen LogP contribution is -2.14. The zero-order valence-electron chi connectivity index (χ0n) is 35.4. The second-order valence-electron chi connectivity index (χ2n) is 17.6. The molecule has 2 heterocycles. The highest BCUT2D eigenvalue weighted by molar-refractivity contribution is 6.29. The molecular formula is C60H40N4. The van der Waals surface area contributed by atoms with E-state index in [-0.39, 0.29) is 5.41 Å². The average Bonchev–Trinajstić information content (AvgIpc) is 3.81. The van der Waals surface area contributed by atoms with Crippen LogP contribution in [0.2, 0.25) is 0 Å². The highest BCUT2D eigenvalue weighted by Gasteiger charge is 2.35. The molecule has 1 aliphatic rings. The van der Waals surface area contributed by atoms with Crippen LogP contribution in [0.15, 0.2) is 206 Å². The van der Waals surface area contributed by atoms with Crippen molar-refractivity contribution in [2.24, 2.45) is 0 Å². The monoisotopic (exact) mass is 816 g/mol. The van der Waals surface area contributed by atoms with E-state index in [1.54, 1.807) is 0 Å². The van der Waals surface area contributed by atoms with Gasteiger partial charge in [-0.3, -0.25) is 0 Å². The summed E-state index contributed by atoms with van der Waals surface area (Å²) in [6, 6.07) is 74.3. The van der Waals surface area contributed by atoms with Gasteiger partial charge in [-0.05, 0) is 103 Å². The lowest BCUT2D eigenvalue weighted by molar-refractivity contribution is 0.660. The molecule has 0 atom stereocenters. The summed E-state index contributed by atoms with van der Waals surface area (Å²) < 4.78 is 2.35. The third kappa shape index (κ3) is 5.45. The maximum atomic E-state index is 5.51.